The lowest BCUT2D eigenvalue weighted by Gasteiger charge is -2.40. The zero-order valence-corrected chi connectivity index (χ0v) is 33.5. The third-order valence-electron chi connectivity index (χ3n) is 11.3. The number of ether oxygens (including phenoxy) is 2. The van der Waals surface area contributed by atoms with Gasteiger partial charge in [0.1, 0.15) is 11.5 Å². The van der Waals surface area contributed by atoms with Crippen LogP contribution in [0.3, 0.4) is 0 Å². The van der Waals surface area contributed by atoms with Gasteiger partial charge in [-0.15, -0.1) is 0 Å². The number of hydrogen-bond donors (Lipinski definition) is 0. The van der Waals surface area contributed by atoms with Crippen LogP contribution in [0, 0.1) is 0 Å². The van der Waals surface area contributed by atoms with Gasteiger partial charge >= 0.3 is 0 Å². The Kier molecular flexibility index (Phi) is 7.76. The van der Waals surface area contributed by atoms with Gasteiger partial charge in [-0.05, 0) is 116 Å². The molecule has 0 radical (unpaired) electrons. The normalized spacial score (nSPS) is 19.6. The van der Waals surface area contributed by atoms with Crippen molar-refractivity contribution in [2.75, 3.05) is 0 Å². The molecule has 0 spiro atoms. The van der Waals surface area contributed by atoms with Crippen LogP contribution in [-0.2, 0) is 0 Å². The topological polar surface area (TPSA) is 18.5 Å². The largest absolute Gasteiger partial charge is 0.481 e. The summed E-state index contributed by atoms with van der Waals surface area (Å²) in [5.41, 5.74) is 5.20. The van der Waals surface area contributed by atoms with Crippen LogP contribution in [0.1, 0.15) is 41.5 Å². The average molecular weight is 739 g/mol. The van der Waals surface area contributed by atoms with Gasteiger partial charge in [0, 0.05) is 10.6 Å². The lowest BCUT2D eigenvalue weighted by Crippen LogP contribution is -2.38. The van der Waals surface area contributed by atoms with Gasteiger partial charge in [-0.3, -0.25) is 0 Å². The molecule has 4 atom stereocenters. The van der Waals surface area contributed by atoms with E-state index in [9.17, 15) is 0 Å². The van der Waals surface area contributed by atoms with Crippen LogP contribution in [0.4, 0.5) is 0 Å². The fourth-order valence-corrected chi connectivity index (χ4v) is 16.0. The molecule has 0 fully saturated rings. The zero-order chi connectivity index (χ0) is 36.9. The van der Waals surface area contributed by atoms with Gasteiger partial charge in [0.05, 0.1) is 0 Å². The quantitative estimate of drug-likeness (QED) is 0.133. The minimum Gasteiger partial charge on any atom is -0.481 e. The SMILES string of the molecule is CC(C)(C)[P@]1c2c(cccc2-c2c3ccccc3cc3ccccc23)OC1C1Oc2cccc(-c3c4ccccc4cc4ccccc34)c2[P@@]1C(C)(C)C. The summed E-state index contributed by atoms with van der Waals surface area (Å²) < 4.78 is 14.8. The Morgan fingerprint density at radius 3 is 1.02 bits per heavy atom. The molecule has 54 heavy (non-hydrogen) atoms. The molecule has 2 aliphatic heterocycles. The molecular weight excluding hydrogens is 694 g/mol. The van der Waals surface area contributed by atoms with Gasteiger partial charge < -0.3 is 9.47 Å². The summed E-state index contributed by atoms with van der Waals surface area (Å²) in [5.74, 6) is 1.82. The minimum absolute atomic E-state index is 0.0482. The van der Waals surface area contributed by atoms with Crippen LogP contribution in [0.25, 0.3) is 65.3 Å². The molecule has 0 aliphatic carbocycles. The molecule has 8 aromatic rings. The lowest BCUT2D eigenvalue weighted by atomic mass is 9.92. The van der Waals surface area contributed by atoms with Gasteiger partial charge in [0.15, 0.2) is 11.7 Å². The van der Waals surface area contributed by atoms with Crippen LogP contribution in [-0.4, -0.2) is 22.0 Å². The summed E-state index contributed by atoms with van der Waals surface area (Å²) in [6, 6.07) is 53.6. The average Bonchev–Trinajstić information content (AvgIpc) is 3.76. The van der Waals surface area contributed by atoms with Gasteiger partial charge in [0.25, 0.3) is 0 Å². The van der Waals surface area contributed by atoms with Crippen molar-refractivity contribution in [2.45, 2.75) is 63.5 Å². The molecule has 10 rings (SSSR count). The van der Waals surface area contributed by atoms with Crippen LogP contribution < -0.4 is 20.1 Å². The standard InChI is InChI=1S/C50H44O2P2/c1-49(2,3)53-45-39(43-35-21-11-7-17-31(35)29-32-18-8-12-22-36(32)43)25-15-27-41(45)51-47(53)48-52-42-28-16-26-40(46(42)54(48)50(4,5)6)44-37-23-13-9-19-33(37)30-34-20-10-14-24-38(34)44/h7-30,47-48H,1-6H3/t47?,48?,53-,54-/m1/s1. The molecule has 0 saturated heterocycles. The van der Waals surface area contributed by atoms with E-state index in [1.165, 1.54) is 76.0 Å². The van der Waals surface area contributed by atoms with Gasteiger partial charge in [0.2, 0.25) is 0 Å². The number of hydrogen-bond acceptors (Lipinski definition) is 2. The van der Waals surface area contributed by atoms with Crippen molar-refractivity contribution in [3.63, 3.8) is 0 Å². The summed E-state index contributed by atoms with van der Waals surface area (Å²) in [4.78, 5) is 0. The maximum absolute atomic E-state index is 7.38. The Hall–Kier alpha value is -4.74. The molecular formula is C50H44O2P2. The summed E-state index contributed by atoms with van der Waals surface area (Å²) in [5, 5.41) is 12.8. The van der Waals surface area contributed by atoms with E-state index in [0.717, 1.165) is 11.5 Å². The van der Waals surface area contributed by atoms with E-state index in [4.69, 9.17) is 9.47 Å². The Morgan fingerprint density at radius 2 is 0.704 bits per heavy atom. The van der Waals surface area contributed by atoms with E-state index in [1.54, 1.807) is 0 Å². The molecule has 266 valence electrons. The number of rotatable bonds is 3. The third-order valence-corrected chi connectivity index (χ3v) is 18.0. The van der Waals surface area contributed by atoms with E-state index in [-0.39, 0.29) is 22.0 Å². The maximum atomic E-state index is 7.38. The molecule has 0 amide bonds. The van der Waals surface area contributed by atoms with Crippen molar-refractivity contribution in [1.82, 2.24) is 0 Å². The summed E-state index contributed by atoms with van der Waals surface area (Å²) >= 11 is 0. The molecule has 2 aliphatic rings. The highest BCUT2D eigenvalue weighted by Crippen LogP contribution is 2.70. The second kappa shape index (κ2) is 12.4. The minimum atomic E-state index is -0.859. The highest BCUT2D eigenvalue weighted by Gasteiger charge is 2.55. The van der Waals surface area contributed by atoms with Gasteiger partial charge in [-0.2, -0.15) is 0 Å². The fraction of sp³-hybridized carbons (Fsp3) is 0.200. The maximum Gasteiger partial charge on any atom is 0.162 e. The smallest absolute Gasteiger partial charge is 0.162 e. The van der Waals surface area contributed by atoms with E-state index >= 15 is 0 Å². The van der Waals surface area contributed by atoms with E-state index in [2.05, 4.69) is 187 Å². The molecule has 4 heteroatoms. The summed E-state index contributed by atoms with van der Waals surface area (Å²) in [6.07, 6.45) is 0. The first kappa shape index (κ1) is 33.8. The summed E-state index contributed by atoms with van der Waals surface area (Å²) in [7, 11) is -1.72. The van der Waals surface area contributed by atoms with Crippen molar-refractivity contribution >= 4 is 69.5 Å². The summed E-state index contributed by atoms with van der Waals surface area (Å²) in [6.45, 7) is 14.5. The highest BCUT2D eigenvalue weighted by atomic mass is 31.1. The van der Waals surface area contributed by atoms with Crippen LogP contribution in [0.5, 0.6) is 11.5 Å². The molecule has 0 saturated carbocycles. The monoisotopic (exact) mass is 738 g/mol. The molecule has 2 nitrogen and oxygen atoms in total. The number of fused-ring (bicyclic) bond motifs is 6. The highest BCUT2D eigenvalue weighted by molar-refractivity contribution is 7.72. The van der Waals surface area contributed by atoms with E-state index < -0.39 is 15.8 Å². The molecule has 0 bridgehead atoms. The number of benzene rings is 8. The predicted octanol–water partition coefficient (Wildman–Crippen LogP) is 13.6. The first-order valence-corrected chi connectivity index (χ1v) is 21.9. The predicted molar refractivity (Wildman–Crippen MR) is 235 cm³/mol. The first-order valence-electron chi connectivity index (χ1n) is 19.1. The van der Waals surface area contributed by atoms with Crippen molar-refractivity contribution < 1.29 is 9.47 Å². The molecule has 0 N–H and O–H groups in total. The zero-order valence-electron chi connectivity index (χ0n) is 31.7. The van der Waals surface area contributed by atoms with Crippen molar-refractivity contribution in [3.8, 4) is 33.8 Å². The van der Waals surface area contributed by atoms with E-state index in [1.807, 2.05) is 0 Å². The van der Waals surface area contributed by atoms with E-state index in [0.29, 0.717) is 0 Å². The van der Waals surface area contributed by atoms with Crippen LogP contribution in [0.15, 0.2) is 146 Å². The Bertz CT molecular complexity index is 2490. The Balaban J connectivity index is 1.18. The second-order valence-corrected chi connectivity index (χ2v) is 22.9. The van der Waals surface area contributed by atoms with Crippen molar-refractivity contribution in [3.05, 3.63) is 146 Å². The third kappa shape index (κ3) is 5.21. The fourth-order valence-electron chi connectivity index (χ4n) is 9.17. The van der Waals surface area contributed by atoms with Crippen LogP contribution >= 0.6 is 15.8 Å². The van der Waals surface area contributed by atoms with Crippen molar-refractivity contribution in [1.29, 1.82) is 0 Å². The Morgan fingerprint density at radius 1 is 0.389 bits per heavy atom. The molecule has 8 aromatic carbocycles. The van der Waals surface area contributed by atoms with Gasteiger partial charge in [-0.25, -0.2) is 0 Å². The second-order valence-electron chi connectivity index (χ2n) is 16.8. The van der Waals surface area contributed by atoms with Crippen LogP contribution in [0.2, 0.25) is 0 Å². The lowest BCUT2D eigenvalue weighted by molar-refractivity contribution is 0.171. The first-order chi connectivity index (χ1) is 26.1. The van der Waals surface area contributed by atoms with Gasteiger partial charge in [-0.1, -0.05) is 163 Å². The van der Waals surface area contributed by atoms with Crippen molar-refractivity contribution in [2.24, 2.45) is 0 Å². The molecule has 2 heterocycles. The molecule has 0 aromatic heterocycles. The molecule has 2 unspecified atom stereocenters. The Labute approximate surface area is 320 Å².